The zero-order chi connectivity index (χ0) is 16.0. The lowest BCUT2D eigenvalue weighted by Crippen LogP contribution is -2.17. The highest BCUT2D eigenvalue weighted by molar-refractivity contribution is 7.71. The Morgan fingerprint density at radius 2 is 1.81 bits per heavy atom. The van der Waals surface area contributed by atoms with Crippen molar-refractivity contribution in [2.75, 3.05) is 0 Å². The second-order valence-electron chi connectivity index (χ2n) is 5.73. The van der Waals surface area contributed by atoms with Gasteiger partial charge in [-0.2, -0.15) is 13.2 Å². The molecule has 0 atom stereocenters. The number of aromatic nitrogens is 2. The van der Waals surface area contributed by atoms with Crippen molar-refractivity contribution in [3.63, 3.8) is 0 Å². The Morgan fingerprint density at radius 1 is 1.19 bits per heavy atom. The number of imidazole rings is 1. The third-order valence-electron chi connectivity index (χ3n) is 3.06. The van der Waals surface area contributed by atoms with Gasteiger partial charge in [0.15, 0.2) is 4.77 Å². The number of nitrogens with one attached hydrogen (secondary N) is 1. The van der Waals surface area contributed by atoms with Crippen molar-refractivity contribution >= 4 is 23.8 Å². The normalized spacial score (nSPS) is 12.7. The molecule has 2 nitrogen and oxygen atoms in total. The highest BCUT2D eigenvalue weighted by atomic mass is 35.5. The molecule has 1 heterocycles. The first kappa shape index (κ1) is 16.1. The van der Waals surface area contributed by atoms with Crippen LogP contribution < -0.4 is 0 Å². The molecule has 0 fully saturated rings. The summed E-state index contributed by atoms with van der Waals surface area (Å²) in [7, 11) is 0. The van der Waals surface area contributed by atoms with E-state index in [-0.39, 0.29) is 16.1 Å². The van der Waals surface area contributed by atoms with Gasteiger partial charge in [0, 0.05) is 17.3 Å². The van der Waals surface area contributed by atoms with Gasteiger partial charge in [-0.15, -0.1) is 0 Å². The van der Waals surface area contributed by atoms with Crippen molar-refractivity contribution in [3.8, 4) is 5.69 Å². The van der Waals surface area contributed by atoms with E-state index >= 15 is 0 Å². The predicted molar refractivity (Wildman–Crippen MR) is 79.7 cm³/mol. The van der Waals surface area contributed by atoms with Gasteiger partial charge in [-0.3, -0.25) is 4.57 Å². The van der Waals surface area contributed by atoms with Crippen molar-refractivity contribution in [1.82, 2.24) is 9.55 Å². The number of H-pyrrole nitrogens is 1. The predicted octanol–water partition coefficient (Wildman–Crippen LogP) is 5.50. The first-order valence-electron chi connectivity index (χ1n) is 6.20. The maximum Gasteiger partial charge on any atom is 0.416 e. The van der Waals surface area contributed by atoms with Crippen molar-refractivity contribution < 1.29 is 13.2 Å². The summed E-state index contributed by atoms with van der Waals surface area (Å²) in [5.41, 5.74) is -0.0771. The molecule has 2 aromatic rings. The molecule has 1 aromatic carbocycles. The van der Waals surface area contributed by atoms with Gasteiger partial charge in [-0.1, -0.05) is 32.4 Å². The largest absolute Gasteiger partial charge is 0.416 e. The summed E-state index contributed by atoms with van der Waals surface area (Å²) in [5, 5.41) is 0.212. The van der Waals surface area contributed by atoms with Crippen LogP contribution in [0.2, 0.25) is 5.02 Å². The lowest BCUT2D eigenvalue weighted by Gasteiger charge is -2.22. The van der Waals surface area contributed by atoms with E-state index in [1.54, 1.807) is 10.8 Å². The molecule has 0 aliphatic rings. The maximum atomic E-state index is 12.9. The van der Waals surface area contributed by atoms with Crippen molar-refractivity contribution in [2.45, 2.75) is 32.4 Å². The first-order valence-corrected chi connectivity index (χ1v) is 6.98. The molecule has 21 heavy (non-hydrogen) atoms. The van der Waals surface area contributed by atoms with Crippen LogP contribution in [0, 0.1) is 4.77 Å². The third-order valence-corrected chi connectivity index (χ3v) is 3.68. The van der Waals surface area contributed by atoms with Gasteiger partial charge in [-0.05, 0) is 30.4 Å². The van der Waals surface area contributed by atoms with E-state index in [0.29, 0.717) is 4.77 Å². The van der Waals surface area contributed by atoms with E-state index in [1.807, 2.05) is 20.8 Å². The average molecular weight is 335 g/mol. The summed E-state index contributed by atoms with van der Waals surface area (Å²) in [5.74, 6) is 0. The molecule has 1 N–H and O–H groups in total. The van der Waals surface area contributed by atoms with E-state index in [4.69, 9.17) is 23.8 Å². The Hall–Kier alpha value is -1.27. The number of nitrogens with zero attached hydrogens (tertiary/aromatic N) is 1. The lowest BCUT2D eigenvalue weighted by atomic mass is 9.92. The minimum absolute atomic E-state index is 0.212. The average Bonchev–Trinajstić information content (AvgIpc) is 2.70. The topological polar surface area (TPSA) is 20.7 Å². The van der Waals surface area contributed by atoms with Gasteiger partial charge >= 0.3 is 6.18 Å². The van der Waals surface area contributed by atoms with E-state index in [1.165, 1.54) is 6.07 Å². The van der Waals surface area contributed by atoms with Gasteiger partial charge < -0.3 is 4.98 Å². The molecular formula is C14H14ClF3N2S. The molecule has 0 spiro atoms. The molecule has 0 amide bonds. The number of alkyl halides is 3. The second-order valence-corrected chi connectivity index (χ2v) is 6.52. The van der Waals surface area contributed by atoms with E-state index < -0.39 is 11.7 Å². The minimum Gasteiger partial charge on any atom is -0.337 e. The minimum atomic E-state index is -4.43. The van der Waals surface area contributed by atoms with Crippen LogP contribution in [-0.2, 0) is 11.6 Å². The summed E-state index contributed by atoms with van der Waals surface area (Å²) in [6.45, 7) is 5.84. The van der Waals surface area contributed by atoms with Gasteiger partial charge in [0.25, 0.3) is 0 Å². The van der Waals surface area contributed by atoms with Crippen LogP contribution in [0.4, 0.5) is 13.2 Å². The number of benzene rings is 1. The summed E-state index contributed by atoms with van der Waals surface area (Å²) in [4.78, 5) is 2.87. The van der Waals surface area contributed by atoms with E-state index in [9.17, 15) is 13.2 Å². The quantitative estimate of drug-likeness (QED) is 0.682. The zero-order valence-corrected chi connectivity index (χ0v) is 13.2. The maximum absolute atomic E-state index is 12.9. The smallest absolute Gasteiger partial charge is 0.337 e. The molecular weight excluding hydrogens is 321 g/mol. The van der Waals surface area contributed by atoms with Crippen LogP contribution in [0.5, 0.6) is 0 Å². The summed E-state index contributed by atoms with van der Waals surface area (Å²) in [6.07, 6.45) is -2.74. The molecule has 7 heteroatoms. The Morgan fingerprint density at radius 3 is 2.33 bits per heavy atom. The van der Waals surface area contributed by atoms with E-state index in [0.717, 1.165) is 17.8 Å². The highest BCUT2D eigenvalue weighted by Crippen LogP contribution is 2.35. The molecule has 114 valence electrons. The number of hydrogen-bond donors (Lipinski definition) is 1. The molecule has 0 saturated carbocycles. The second kappa shape index (κ2) is 5.18. The summed E-state index contributed by atoms with van der Waals surface area (Å²) >= 11 is 11.3. The monoisotopic (exact) mass is 334 g/mol. The number of rotatable bonds is 1. The molecule has 1 aromatic heterocycles. The van der Waals surface area contributed by atoms with E-state index in [2.05, 4.69) is 4.98 Å². The molecule has 0 bridgehead atoms. The number of aromatic amines is 1. The Balaban J connectivity index is 2.74. The first-order chi connectivity index (χ1) is 9.51. The van der Waals surface area contributed by atoms with Crippen LogP contribution in [0.15, 0.2) is 24.4 Å². The molecule has 0 radical (unpaired) electrons. The Bertz CT molecular complexity index is 723. The zero-order valence-electron chi connectivity index (χ0n) is 11.7. The lowest BCUT2D eigenvalue weighted by molar-refractivity contribution is -0.137. The Kier molecular flexibility index (Phi) is 3.97. The van der Waals surface area contributed by atoms with Crippen LogP contribution in [0.25, 0.3) is 5.69 Å². The van der Waals surface area contributed by atoms with Gasteiger partial charge in [0.05, 0.1) is 16.3 Å². The van der Waals surface area contributed by atoms with Crippen LogP contribution in [0.1, 0.15) is 32.0 Å². The highest BCUT2D eigenvalue weighted by Gasteiger charge is 2.31. The van der Waals surface area contributed by atoms with Gasteiger partial charge in [-0.25, -0.2) is 0 Å². The number of halogens is 4. The van der Waals surface area contributed by atoms with Crippen molar-refractivity contribution in [1.29, 1.82) is 0 Å². The van der Waals surface area contributed by atoms with Gasteiger partial charge in [0.1, 0.15) is 0 Å². The fourth-order valence-corrected chi connectivity index (χ4v) is 2.48. The standard InChI is InChI=1S/C14H14ClF3N2S/c1-13(2,3)11-7-19-12(21)20(11)10-6-8(14(16,17)18)4-5-9(10)15/h4-7H,1-3H3,(H,19,21). The molecule has 0 aliphatic heterocycles. The summed E-state index contributed by atoms with van der Waals surface area (Å²) in [6, 6.07) is 3.21. The Labute approximate surface area is 130 Å². The molecule has 0 aliphatic carbocycles. The van der Waals surface area contributed by atoms with Crippen molar-refractivity contribution in [3.05, 3.63) is 45.4 Å². The van der Waals surface area contributed by atoms with Crippen molar-refractivity contribution in [2.24, 2.45) is 0 Å². The molecule has 2 rings (SSSR count). The van der Waals surface area contributed by atoms with Crippen LogP contribution in [0.3, 0.4) is 0 Å². The molecule has 0 saturated heterocycles. The van der Waals surface area contributed by atoms with Gasteiger partial charge in [0.2, 0.25) is 0 Å². The third kappa shape index (κ3) is 3.16. The fraction of sp³-hybridized carbons (Fsp3) is 0.357. The fourth-order valence-electron chi connectivity index (χ4n) is 2.02. The SMILES string of the molecule is CC(C)(C)c1c[nH]c(=S)n1-c1cc(C(F)(F)F)ccc1Cl. The van der Waals surface area contributed by atoms with Crippen LogP contribution >= 0.6 is 23.8 Å². The molecule has 0 unspecified atom stereocenters. The number of hydrogen-bond acceptors (Lipinski definition) is 1. The van der Waals surface area contributed by atoms with Crippen LogP contribution in [-0.4, -0.2) is 9.55 Å². The summed E-state index contributed by atoms with van der Waals surface area (Å²) < 4.78 is 40.5.